The Kier molecular flexibility index (Phi) is 7.02. The van der Waals surface area contributed by atoms with Gasteiger partial charge in [-0.3, -0.25) is 0 Å². The molecule has 4 N–H and O–H groups in total. The number of esters is 1. The standard InChI is InChI=1S/C30H46O9/c1-15-24(33)26(36-4)25(34)27(38-15)39-18-7-9-28(2)17(12-18)5-6-20-19(28)8-10-29(3)23(16-11-22(32)37-14-16)21(31)13-30(20,29)35/h11,15,17-21,23-27,31,33-35H,5-10,12-14H2,1-4H3/t15-,17-,18+,19+,20-,21+,23+,24+,25-,26+,27+,28+,29-,30-/m1/s1. The van der Waals surface area contributed by atoms with Crippen molar-refractivity contribution in [2.75, 3.05) is 13.7 Å². The number of fused-ring (bicyclic) bond motifs is 5. The van der Waals surface area contributed by atoms with Crippen molar-refractivity contribution >= 4 is 5.97 Å². The number of carbonyl (C=O) groups excluding carboxylic acids is 1. The van der Waals surface area contributed by atoms with E-state index in [-0.39, 0.29) is 35.9 Å². The minimum Gasteiger partial charge on any atom is -0.458 e. The quantitative estimate of drug-likeness (QED) is 0.307. The zero-order chi connectivity index (χ0) is 27.9. The Morgan fingerprint density at radius 3 is 2.49 bits per heavy atom. The molecule has 1 saturated heterocycles. The summed E-state index contributed by atoms with van der Waals surface area (Å²) in [5, 5.41) is 44.7. The van der Waals surface area contributed by atoms with E-state index in [2.05, 4.69) is 13.8 Å². The predicted octanol–water partition coefficient (Wildman–Crippen LogP) is 2.08. The number of methoxy groups -OCH3 is 1. The van der Waals surface area contributed by atoms with Crippen LogP contribution in [-0.4, -0.2) is 88.6 Å². The van der Waals surface area contributed by atoms with Gasteiger partial charge in [0.2, 0.25) is 0 Å². The second kappa shape index (κ2) is 9.75. The zero-order valence-corrected chi connectivity index (χ0v) is 23.6. The third kappa shape index (κ3) is 4.09. The highest BCUT2D eigenvalue weighted by Crippen LogP contribution is 2.70. The van der Waals surface area contributed by atoms with Crippen LogP contribution in [0.4, 0.5) is 0 Å². The van der Waals surface area contributed by atoms with Crippen LogP contribution >= 0.6 is 0 Å². The van der Waals surface area contributed by atoms with E-state index in [0.29, 0.717) is 18.3 Å². The Bertz CT molecular complexity index is 1000. The van der Waals surface area contributed by atoms with Crippen LogP contribution in [0.5, 0.6) is 0 Å². The maximum Gasteiger partial charge on any atom is 0.331 e. The van der Waals surface area contributed by atoms with Gasteiger partial charge in [0.15, 0.2) is 6.29 Å². The van der Waals surface area contributed by atoms with Crippen molar-refractivity contribution in [2.24, 2.45) is 34.5 Å². The summed E-state index contributed by atoms with van der Waals surface area (Å²) >= 11 is 0. The number of cyclic esters (lactones) is 1. The average Bonchev–Trinajstić information content (AvgIpc) is 3.39. The van der Waals surface area contributed by atoms with Crippen LogP contribution in [0.1, 0.15) is 72.1 Å². The first-order chi connectivity index (χ1) is 18.4. The Balaban J connectivity index is 1.17. The summed E-state index contributed by atoms with van der Waals surface area (Å²) in [5.41, 5.74) is -0.601. The molecule has 2 aliphatic heterocycles. The fraction of sp³-hybridized carbons (Fsp3) is 0.900. The Morgan fingerprint density at radius 2 is 1.79 bits per heavy atom. The van der Waals surface area contributed by atoms with E-state index in [1.807, 2.05) is 0 Å². The van der Waals surface area contributed by atoms with E-state index in [0.717, 1.165) is 50.5 Å². The lowest BCUT2D eigenvalue weighted by Gasteiger charge is -2.63. The molecule has 0 aromatic rings. The number of ether oxygens (including phenoxy) is 4. The van der Waals surface area contributed by atoms with Crippen molar-refractivity contribution in [1.82, 2.24) is 0 Å². The van der Waals surface area contributed by atoms with Crippen molar-refractivity contribution in [3.63, 3.8) is 0 Å². The molecular formula is C30H46O9. The Labute approximate surface area is 230 Å². The minimum absolute atomic E-state index is 0.0547. The van der Waals surface area contributed by atoms with Crippen LogP contribution in [0.2, 0.25) is 0 Å². The van der Waals surface area contributed by atoms with Gasteiger partial charge in [0, 0.05) is 30.9 Å². The molecule has 6 rings (SSSR count). The maximum absolute atomic E-state index is 12.4. The number of rotatable bonds is 4. The van der Waals surface area contributed by atoms with Gasteiger partial charge in [0.25, 0.3) is 0 Å². The third-order valence-electron chi connectivity index (χ3n) is 12.3. The SMILES string of the molecule is CO[C@H]1[C@@H](O)[C@@H](C)O[C@@H](O[C@H]2CC[C@@]3(C)[C@H](CC[C@@H]4[C@@H]3CC[C@]3(C)[C@@H](C5=CC(=O)OC5)[C@@H](O)C[C@@]43O)C2)[C@@H]1O. The first kappa shape index (κ1) is 28.1. The molecule has 4 saturated carbocycles. The van der Waals surface area contributed by atoms with Gasteiger partial charge in [-0.15, -0.1) is 0 Å². The summed E-state index contributed by atoms with van der Waals surface area (Å²) in [7, 11) is 1.48. The molecule has 0 aromatic carbocycles. The molecule has 0 unspecified atom stereocenters. The Hall–Kier alpha value is -1.07. The molecule has 39 heavy (non-hydrogen) atoms. The number of aliphatic hydroxyl groups is 4. The molecule has 9 heteroatoms. The number of hydrogen-bond acceptors (Lipinski definition) is 9. The molecule has 14 atom stereocenters. The van der Waals surface area contributed by atoms with Crippen LogP contribution in [-0.2, 0) is 23.7 Å². The molecular weight excluding hydrogens is 504 g/mol. The summed E-state index contributed by atoms with van der Waals surface area (Å²) in [5.74, 6) is 0.260. The minimum atomic E-state index is -1.06. The van der Waals surface area contributed by atoms with Gasteiger partial charge in [0.05, 0.1) is 23.9 Å². The number of carbonyl (C=O) groups is 1. The molecule has 220 valence electrons. The van der Waals surface area contributed by atoms with Crippen LogP contribution in [0.15, 0.2) is 11.6 Å². The topological polar surface area (TPSA) is 135 Å². The molecule has 5 fully saturated rings. The molecule has 4 aliphatic carbocycles. The normalized spacial score (nSPS) is 55.3. The van der Waals surface area contributed by atoms with Gasteiger partial charge < -0.3 is 39.4 Å². The van der Waals surface area contributed by atoms with E-state index < -0.39 is 47.8 Å². The zero-order valence-electron chi connectivity index (χ0n) is 23.6. The second-order valence-electron chi connectivity index (χ2n) is 13.9. The number of aliphatic hydroxyl groups excluding tert-OH is 3. The molecule has 0 aromatic heterocycles. The van der Waals surface area contributed by atoms with Crippen LogP contribution in [0.3, 0.4) is 0 Å². The van der Waals surface area contributed by atoms with Gasteiger partial charge in [-0.25, -0.2) is 4.79 Å². The van der Waals surface area contributed by atoms with Gasteiger partial charge in [-0.05, 0) is 80.6 Å². The van der Waals surface area contributed by atoms with Crippen molar-refractivity contribution in [1.29, 1.82) is 0 Å². The van der Waals surface area contributed by atoms with Crippen LogP contribution in [0.25, 0.3) is 0 Å². The van der Waals surface area contributed by atoms with Crippen LogP contribution < -0.4 is 0 Å². The van der Waals surface area contributed by atoms with E-state index in [9.17, 15) is 25.2 Å². The van der Waals surface area contributed by atoms with Gasteiger partial charge >= 0.3 is 5.97 Å². The van der Waals surface area contributed by atoms with Crippen molar-refractivity contribution in [3.8, 4) is 0 Å². The predicted molar refractivity (Wildman–Crippen MR) is 139 cm³/mol. The highest BCUT2D eigenvalue weighted by atomic mass is 16.7. The van der Waals surface area contributed by atoms with E-state index in [1.54, 1.807) is 6.92 Å². The molecule has 9 nitrogen and oxygen atoms in total. The van der Waals surface area contributed by atoms with Crippen molar-refractivity contribution < 1.29 is 44.2 Å². The molecule has 6 aliphatic rings. The first-order valence-corrected chi connectivity index (χ1v) is 14.9. The van der Waals surface area contributed by atoms with E-state index in [4.69, 9.17) is 18.9 Å². The monoisotopic (exact) mass is 550 g/mol. The van der Waals surface area contributed by atoms with Crippen LogP contribution in [0, 0.1) is 34.5 Å². The summed E-state index contributed by atoms with van der Waals surface area (Å²) in [6.45, 7) is 6.48. The highest BCUT2D eigenvalue weighted by molar-refractivity contribution is 5.85. The lowest BCUT2D eigenvalue weighted by atomic mass is 9.43. The summed E-state index contributed by atoms with van der Waals surface area (Å²) in [6, 6.07) is 0. The fourth-order valence-corrected chi connectivity index (χ4v) is 10.2. The Morgan fingerprint density at radius 1 is 1.03 bits per heavy atom. The molecule has 0 radical (unpaired) electrons. The second-order valence-corrected chi connectivity index (χ2v) is 13.9. The summed E-state index contributed by atoms with van der Waals surface area (Å²) in [4.78, 5) is 11.8. The molecule has 0 amide bonds. The van der Waals surface area contributed by atoms with Gasteiger partial charge in [0.1, 0.15) is 24.9 Å². The molecule has 0 spiro atoms. The summed E-state index contributed by atoms with van der Waals surface area (Å²) < 4.78 is 22.7. The number of hydrogen-bond donors (Lipinski definition) is 4. The van der Waals surface area contributed by atoms with Crippen molar-refractivity contribution in [2.45, 2.75) is 121 Å². The summed E-state index contributed by atoms with van der Waals surface area (Å²) in [6.07, 6.45) is 3.40. The largest absolute Gasteiger partial charge is 0.458 e. The lowest BCUT2D eigenvalue weighted by molar-refractivity contribution is -0.313. The molecule has 0 bridgehead atoms. The fourth-order valence-electron chi connectivity index (χ4n) is 10.2. The van der Waals surface area contributed by atoms with Gasteiger partial charge in [-0.1, -0.05) is 13.8 Å². The molecule has 2 heterocycles. The van der Waals surface area contributed by atoms with Gasteiger partial charge in [-0.2, -0.15) is 0 Å². The smallest absolute Gasteiger partial charge is 0.331 e. The van der Waals surface area contributed by atoms with E-state index in [1.165, 1.54) is 13.2 Å². The third-order valence-corrected chi connectivity index (χ3v) is 12.3. The lowest BCUT2D eigenvalue weighted by Crippen LogP contribution is -2.62. The average molecular weight is 551 g/mol. The first-order valence-electron chi connectivity index (χ1n) is 14.9. The maximum atomic E-state index is 12.4. The van der Waals surface area contributed by atoms with Crippen molar-refractivity contribution in [3.05, 3.63) is 11.6 Å². The van der Waals surface area contributed by atoms with E-state index >= 15 is 0 Å². The highest BCUT2D eigenvalue weighted by Gasteiger charge is 2.70.